The first-order chi connectivity index (χ1) is 15.3. The van der Waals surface area contributed by atoms with E-state index in [1.54, 1.807) is 24.6 Å². The first kappa shape index (κ1) is 25.9. The van der Waals surface area contributed by atoms with Gasteiger partial charge in [0.05, 0.1) is 29.4 Å². The Morgan fingerprint density at radius 2 is 2.06 bits per heavy atom. The van der Waals surface area contributed by atoms with Gasteiger partial charge < -0.3 is 45.5 Å². The van der Waals surface area contributed by atoms with Crippen LogP contribution in [0, 0.1) is 0 Å². The smallest absolute Gasteiger partial charge is 0.249 e. The molecule has 10 nitrogen and oxygen atoms in total. The second-order valence-corrected chi connectivity index (χ2v) is 9.71. The van der Waals surface area contributed by atoms with Gasteiger partial charge in [-0.1, -0.05) is 0 Å². The second-order valence-electron chi connectivity index (χ2n) is 8.73. The summed E-state index contributed by atoms with van der Waals surface area (Å²) in [5, 5.41) is 46.5. The number of nitrogens with zero attached hydrogens (tertiary/aromatic N) is 1. The highest BCUT2D eigenvalue weighted by Gasteiger charge is 2.62. The minimum absolute atomic E-state index is 0.0844. The van der Waals surface area contributed by atoms with Crippen molar-refractivity contribution in [3.8, 4) is 0 Å². The first-order valence-electron chi connectivity index (χ1n) is 11.2. The number of rotatable bonds is 10. The van der Waals surface area contributed by atoms with E-state index in [2.05, 4.69) is 20.9 Å². The van der Waals surface area contributed by atoms with Gasteiger partial charge in [0, 0.05) is 50.7 Å². The third-order valence-corrected chi connectivity index (χ3v) is 7.42. The number of aliphatic hydroxyl groups is 3. The Morgan fingerprint density at radius 1 is 1.28 bits per heavy atom. The summed E-state index contributed by atoms with van der Waals surface area (Å²) >= 11 is 1.58. The van der Waals surface area contributed by atoms with Crippen LogP contribution in [0.25, 0.3) is 0 Å². The van der Waals surface area contributed by atoms with E-state index in [1.165, 1.54) is 7.11 Å². The maximum absolute atomic E-state index is 11.7. The van der Waals surface area contributed by atoms with Crippen molar-refractivity contribution >= 4 is 11.3 Å². The number of aromatic nitrogens is 1. The average Bonchev–Trinajstić information content (AvgIpc) is 3.28. The third-order valence-electron chi connectivity index (χ3n) is 6.58. The lowest BCUT2D eigenvalue weighted by Crippen LogP contribution is -2.73. The predicted octanol–water partition coefficient (Wildman–Crippen LogP) is -0.808. The van der Waals surface area contributed by atoms with Crippen LogP contribution >= 0.6 is 11.3 Å². The fraction of sp³-hybridized carbons (Fsp3) is 0.857. The molecular formula is C21H38N4O6S. The number of aliphatic hydroxyl groups excluding tert-OH is 1. The summed E-state index contributed by atoms with van der Waals surface area (Å²) in [6.45, 7) is 2.50. The zero-order valence-corrected chi connectivity index (χ0v) is 20.1. The van der Waals surface area contributed by atoms with Crippen molar-refractivity contribution in [2.45, 2.75) is 80.7 Å². The Hall–Kier alpha value is -0.730. The van der Waals surface area contributed by atoms with Crippen LogP contribution in [0.1, 0.15) is 31.2 Å². The van der Waals surface area contributed by atoms with E-state index in [0.717, 1.165) is 11.4 Å². The van der Waals surface area contributed by atoms with Gasteiger partial charge in [0.15, 0.2) is 0 Å². The van der Waals surface area contributed by atoms with Gasteiger partial charge in [-0.05, 0) is 33.9 Å². The molecule has 0 spiro atoms. The minimum atomic E-state index is -2.13. The van der Waals surface area contributed by atoms with Crippen molar-refractivity contribution in [1.29, 1.82) is 0 Å². The second kappa shape index (κ2) is 11.1. The molecule has 3 rings (SSSR count). The zero-order valence-electron chi connectivity index (χ0n) is 19.3. The number of hydrogen-bond donors (Lipinski definition) is 6. The van der Waals surface area contributed by atoms with Gasteiger partial charge in [0.1, 0.15) is 5.60 Å². The molecule has 1 aromatic heterocycles. The van der Waals surface area contributed by atoms with Crippen molar-refractivity contribution in [1.82, 2.24) is 20.9 Å². The number of hydrogen-bond acceptors (Lipinski definition) is 11. The van der Waals surface area contributed by atoms with Crippen LogP contribution in [0.2, 0.25) is 0 Å². The molecule has 32 heavy (non-hydrogen) atoms. The Morgan fingerprint density at radius 3 is 2.69 bits per heavy atom. The Balaban J connectivity index is 1.76. The molecule has 1 saturated heterocycles. The number of ether oxygens (including phenoxy) is 3. The van der Waals surface area contributed by atoms with Crippen LogP contribution < -0.4 is 16.0 Å². The summed E-state index contributed by atoms with van der Waals surface area (Å²) in [6, 6.07) is -0.529. The normalized spacial score (nSPS) is 40.5. The number of nitrogens with one attached hydrogen (secondary N) is 3. The van der Waals surface area contributed by atoms with Crippen LogP contribution in [0.3, 0.4) is 0 Å². The Bertz CT molecular complexity index is 700. The molecule has 2 aliphatic rings. The van der Waals surface area contributed by atoms with Crippen molar-refractivity contribution in [2.75, 3.05) is 34.3 Å². The summed E-state index contributed by atoms with van der Waals surface area (Å²) < 4.78 is 17.4. The molecular weight excluding hydrogens is 436 g/mol. The fourth-order valence-corrected chi connectivity index (χ4v) is 5.46. The number of likely N-dealkylation sites (N-methyl/N-ethyl adjacent to an activating group) is 2. The van der Waals surface area contributed by atoms with E-state index in [0.29, 0.717) is 19.4 Å². The topological polar surface area (TPSA) is 137 Å². The van der Waals surface area contributed by atoms with Gasteiger partial charge in [0.25, 0.3) is 0 Å². The largest absolute Gasteiger partial charge is 0.390 e. The van der Waals surface area contributed by atoms with Crippen LogP contribution in [-0.4, -0.2) is 103 Å². The molecule has 2 heterocycles. The SMILES string of the molecule is CNC1CCC(OC2(O)C(OC)O[C@H](C)CC2(O)CNCCc2nccs2)C(NC)C1O. The third kappa shape index (κ3) is 5.33. The molecule has 1 aliphatic heterocycles. The fourth-order valence-electron chi connectivity index (χ4n) is 4.84. The number of methoxy groups -OCH3 is 1. The lowest BCUT2D eigenvalue weighted by Gasteiger charge is -2.54. The molecule has 184 valence electrons. The van der Waals surface area contributed by atoms with Crippen LogP contribution in [0.4, 0.5) is 0 Å². The first-order valence-corrected chi connectivity index (χ1v) is 12.1. The molecule has 7 unspecified atom stereocenters. The Kier molecular flexibility index (Phi) is 9.00. The van der Waals surface area contributed by atoms with Crippen molar-refractivity contribution < 1.29 is 29.5 Å². The van der Waals surface area contributed by atoms with Crippen molar-refractivity contribution in [2.24, 2.45) is 0 Å². The maximum Gasteiger partial charge on any atom is 0.249 e. The average molecular weight is 475 g/mol. The summed E-state index contributed by atoms with van der Waals surface area (Å²) in [5.41, 5.74) is -1.67. The lowest BCUT2D eigenvalue weighted by molar-refractivity contribution is -0.431. The summed E-state index contributed by atoms with van der Waals surface area (Å²) in [4.78, 5) is 4.27. The molecule has 11 heteroatoms. The molecule has 0 radical (unpaired) electrons. The molecule has 2 fully saturated rings. The molecule has 6 N–H and O–H groups in total. The van der Waals surface area contributed by atoms with E-state index in [9.17, 15) is 15.3 Å². The maximum atomic E-state index is 11.7. The molecule has 1 saturated carbocycles. The van der Waals surface area contributed by atoms with E-state index < -0.39 is 35.9 Å². The summed E-state index contributed by atoms with van der Waals surface area (Å²) in [5.74, 6) is -2.13. The van der Waals surface area contributed by atoms with Gasteiger partial charge in [-0.3, -0.25) is 0 Å². The molecule has 1 aliphatic carbocycles. The van der Waals surface area contributed by atoms with E-state index in [4.69, 9.17) is 14.2 Å². The van der Waals surface area contributed by atoms with Crippen LogP contribution in [0.5, 0.6) is 0 Å². The number of thiazole rings is 1. The summed E-state index contributed by atoms with van der Waals surface area (Å²) in [6.07, 6.45) is 1.07. The van der Waals surface area contributed by atoms with E-state index in [-0.39, 0.29) is 25.1 Å². The lowest BCUT2D eigenvalue weighted by atomic mass is 9.81. The highest BCUT2D eigenvalue weighted by Crippen LogP contribution is 2.41. The predicted molar refractivity (Wildman–Crippen MR) is 120 cm³/mol. The van der Waals surface area contributed by atoms with E-state index >= 15 is 0 Å². The van der Waals surface area contributed by atoms with Crippen LogP contribution in [-0.2, 0) is 20.6 Å². The highest BCUT2D eigenvalue weighted by atomic mass is 32.1. The Labute approximate surface area is 193 Å². The highest BCUT2D eigenvalue weighted by molar-refractivity contribution is 7.09. The molecule has 0 aromatic carbocycles. The summed E-state index contributed by atoms with van der Waals surface area (Å²) in [7, 11) is 4.96. The minimum Gasteiger partial charge on any atom is -0.390 e. The zero-order chi connectivity index (χ0) is 23.4. The van der Waals surface area contributed by atoms with Gasteiger partial charge in [-0.25, -0.2) is 4.98 Å². The molecule has 8 atom stereocenters. The molecule has 0 amide bonds. The van der Waals surface area contributed by atoms with Crippen molar-refractivity contribution in [3.63, 3.8) is 0 Å². The van der Waals surface area contributed by atoms with Gasteiger partial charge in [-0.2, -0.15) is 0 Å². The monoisotopic (exact) mass is 474 g/mol. The van der Waals surface area contributed by atoms with Gasteiger partial charge in [-0.15, -0.1) is 11.3 Å². The van der Waals surface area contributed by atoms with Gasteiger partial charge >= 0.3 is 0 Å². The van der Waals surface area contributed by atoms with Gasteiger partial charge in [0.2, 0.25) is 12.1 Å². The molecule has 0 bridgehead atoms. The molecule has 1 aromatic rings. The van der Waals surface area contributed by atoms with E-state index in [1.807, 2.05) is 19.4 Å². The van der Waals surface area contributed by atoms with Crippen LogP contribution in [0.15, 0.2) is 11.6 Å². The van der Waals surface area contributed by atoms with Crippen molar-refractivity contribution in [3.05, 3.63) is 16.6 Å². The standard InChI is InChI=1S/C21H38N4O6S/c1-13-11-20(27,12-24-8-7-16-25-9-10-32-16)21(28,19(29-4)30-13)31-15-6-5-14(22-2)18(26)17(15)23-3/h9-10,13-15,17-19,22-24,26-28H,5-8,11-12H2,1-4H3/t13-,14?,15?,17?,18?,19?,20?,21?/m1/s1. The quantitative estimate of drug-likeness (QED) is 0.189.